The number of nitro groups is 1. The SMILES string of the molecule is CC(C)CC(O)CNc1ccc2scnc2c1[N+](=O)[O-]. The molecule has 1 heterocycles. The predicted molar refractivity (Wildman–Crippen MR) is 80.2 cm³/mol. The Morgan fingerprint density at radius 2 is 2.25 bits per heavy atom. The van der Waals surface area contributed by atoms with Crippen molar-refractivity contribution in [2.75, 3.05) is 11.9 Å². The lowest BCUT2D eigenvalue weighted by Crippen LogP contribution is -2.21. The maximum Gasteiger partial charge on any atom is 0.319 e. The van der Waals surface area contributed by atoms with Gasteiger partial charge in [-0.15, -0.1) is 11.3 Å². The summed E-state index contributed by atoms with van der Waals surface area (Å²) in [6.07, 6.45) is 0.125. The van der Waals surface area contributed by atoms with Crippen molar-refractivity contribution in [3.8, 4) is 0 Å². The summed E-state index contributed by atoms with van der Waals surface area (Å²) >= 11 is 1.37. The van der Waals surface area contributed by atoms with E-state index in [1.165, 1.54) is 11.3 Å². The molecule has 1 unspecified atom stereocenters. The van der Waals surface area contributed by atoms with Gasteiger partial charge in [-0.05, 0) is 24.5 Å². The first-order valence-electron chi connectivity index (χ1n) is 6.41. The van der Waals surface area contributed by atoms with Crippen LogP contribution < -0.4 is 5.32 Å². The van der Waals surface area contributed by atoms with E-state index in [2.05, 4.69) is 10.3 Å². The lowest BCUT2D eigenvalue weighted by Gasteiger charge is -2.14. The summed E-state index contributed by atoms with van der Waals surface area (Å²) in [4.78, 5) is 14.8. The van der Waals surface area contributed by atoms with Crippen LogP contribution >= 0.6 is 11.3 Å². The quantitative estimate of drug-likeness (QED) is 0.631. The lowest BCUT2D eigenvalue weighted by atomic mass is 10.1. The number of rotatable bonds is 6. The molecule has 0 aliphatic rings. The summed E-state index contributed by atoms with van der Waals surface area (Å²) in [5.41, 5.74) is 2.36. The molecular formula is C13H17N3O3S. The molecule has 0 bridgehead atoms. The van der Waals surface area contributed by atoms with Gasteiger partial charge >= 0.3 is 5.69 Å². The summed E-state index contributed by atoms with van der Waals surface area (Å²) in [6.45, 7) is 4.33. The summed E-state index contributed by atoms with van der Waals surface area (Å²) in [6, 6.07) is 3.47. The number of anilines is 1. The molecule has 6 nitrogen and oxygen atoms in total. The van der Waals surface area contributed by atoms with Crippen LogP contribution in [0, 0.1) is 16.0 Å². The molecule has 7 heteroatoms. The first-order chi connectivity index (χ1) is 9.49. The molecule has 0 spiro atoms. The smallest absolute Gasteiger partial charge is 0.319 e. The minimum Gasteiger partial charge on any atom is -0.391 e. The highest BCUT2D eigenvalue weighted by Gasteiger charge is 2.21. The van der Waals surface area contributed by atoms with Crippen molar-refractivity contribution in [2.24, 2.45) is 5.92 Å². The van der Waals surface area contributed by atoms with Crippen LogP contribution in [0.25, 0.3) is 10.2 Å². The Labute approximate surface area is 120 Å². The molecule has 0 saturated carbocycles. The average Bonchev–Trinajstić information content (AvgIpc) is 2.82. The number of fused-ring (bicyclic) bond motifs is 1. The molecular weight excluding hydrogens is 278 g/mol. The molecule has 2 N–H and O–H groups in total. The third-order valence-corrected chi connectivity index (χ3v) is 3.72. The van der Waals surface area contributed by atoms with Crippen molar-refractivity contribution < 1.29 is 10.0 Å². The molecule has 2 aromatic rings. The molecule has 0 aliphatic heterocycles. The average molecular weight is 295 g/mol. The maximum atomic E-state index is 11.2. The molecule has 0 saturated heterocycles. The maximum absolute atomic E-state index is 11.2. The summed E-state index contributed by atoms with van der Waals surface area (Å²) in [5, 5.41) is 24.0. The molecule has 20 heavy (non-hydrogen) atoms. The van der Waals surface area contributed by atoms with Gasteiger partial charge in [-0.25, -0.2) is 4.98 Å². The Kier molecular flexibility index (Phi) is 4.51. The molecule has 1 aromatic heterocycles. The predicted octanol–water partition coefficient (Wildman–Crippen LogP) is 3.02. The number of nitrogens with one attached hydrogen (secondary N) is 1. The van der Waals surface area contributed by atoms with E-state index in [-0.39, 0.29) is 12.2 Å². The molecule has 0 amide bonds. The highest BCUT2D eigenvalue weighted by atomic mass is 32.1. The molecule has 1 atom stereocenters. The van der Waals surface area contributed by atoms with Crippen LogP contribution in [0.2, 0.25) is 0 Å². The number of aromatic nitrogens is 1. The highest BCUT2D eigenvalue weighted by Crippen LogP contribution is 2.34. The Bertz CT molecular complexity index is 612. The van der Waals surface area contributed by atoms with Gasteiger partial charge in [-0.1, -0.05) is 13.8 Å². The highest BCUT2D eigenvalue weighted by molar-refractivity contribution is 7.16. The fraction of sp³-hybridized carbons (Fsp3) is 0.462. The molecule has 2 rings (SSSR count). The number of nitro benzene ring substituents is 1. The van der Waals surface area contributed by atoms with Gasteiger partial charge < -0.3 is 10.4 Å². The van der Waals surface area contributed by atoms with E-state index in [1.54, 1.807) is 17.6 Å². The van der Waals surface area contributed by atoms with Crippen molar-refractivity contribution in [3.05, 3.63) is 27.8 Å². The van der Waals surface area contributed by atoms with E-state index in [0.29, 0.717) is 23.5 Å². The van der Waals surface area contributed by atoms with Crippen molar-refractivity contribution in [2.45, 2.75) is 26.4 Å². The third kappa shape index (κ3) is 3.23. The van der Waals surface area contributed by atoms with E-state index in [9.17, 15) is 15.2 Å². The van der Waals surface area contributed by atoms with E-state index in [1.807, 2.05) is 13.8 Å². The number of aliphatic hydroxyl groups excluding tert-OH is 1. The fourth-order valence-electron chi connectivity index (χ4n) is 2.10. The second-order valence-electron chi connectivity index (χ2n) is 5.08. The fourth-order valence-corrected chi connectivity index (χ4v) is 2.78. The standard InChI is InChI=1S/C13H17N3O3S/c1-8(2)5-9(17)6-14-10-3-4-11-12(15-7-20-11)13(10)16(18)19/h3-4,7-9,14,17H,5-6H2,1-2H3. The van der Waals surface area contributed by atoms with Crippen LogP contribution in [0.3, 0.4) is 0 Å². The van der Waals surface area contributed by atoms with Crippen LogP contribution in [0.4, 0.5) is 11.4 Å². The van der Waals surface area contributed by atoms with Gasteiger partial charge in [0.05, 0.1) is 21.2 Å². The van der Waals surface area contributed by atoms with Crippen LogP contribution in [0.1, 0.15) is 20.3 Å². The minimum atomic E-state index is -0.527. The van der Waals surface area contributed by atoms with Crippen molar-refractivity contribution in [1.29, 1.82) is 0 Å². The molecule has 108 valence electrons. The van der Waals surface area contributed by atoms with E-state index in [0.717, 1.165) is 4.70 Å². The van der Waals surface area contributed by atoms with Gasteiger partial charge in [-0.3, -0.25) is 10.1 Å². The monoisotopic (exact) mass is 295 g/mol. The van der Waals surface area contributed by atoms with Crippen molar-refractivity contribution in [1.82, 2.24) is 4.98 Å². The molecule has 0 fully saturated rings. The van der Waals surface area contributed by atoms with E-state index in [4.69, 9.17) is 0 Å². The Hall–Kier alpha value is -1.73. The summed E-state index contributed by atoms with van der Waals surface area (Å²) in [5.74, 6) is 0.378. The van der Waals surface area contributed by atoms with Gasteiger partial charge in [-0.2, -0.15) is 0 Å². The summed E-state index contributed by atoms with van der Waals surface area (Å²) < 4.78 is 0.782. The van der Waals surface area contributed by atoms with Crippen LogP contribution in [-0.2, 0) is 0 Å². The Morgan fingerprint density at radius 3 is 2.90 bits per heavy atom. The van der Waals surface area contributed by atoms with Crippen LogP contribution in [0.15, 0.2) is 17.6 Å². The molecule has 0 radical (unpaired) electrons. The van der Waals surface area contributed by atoms with Crippen LogP contribution in [0.5, 0.6) is 0 Å². The van der Waals surface area contributed by atoms with Gasteiger partial charge in [0.2, 0.25) is 0 Å². The Balaban J connectivity index is 2.21. The zero-order valence-electron chi connectivity index (χ0n) is 11.4. The van der Waals surface area contributed by atoms with E-state index >= 15 is 0 Å². The largest absolute Gasteiger partial charge is 0.391 e. The number of thiazole rings is 1. The van der Waals surface area contributed by atoms with Gasteiger partial charge in [0.15, 0.2) is 5.52 Å². The van der Waals surface area contributed by atoms with Gasteiger partial charge in [0.1, 0.15) is 5.69 Å². The number of nitrogens with zero attached hydrogens (tertiary/aromatic N) is 2. The van der Waals surface area contributed by atoms with Crippen LogP contribution in [-0.4, -0.2) is 27.7 Å². The first kappa shape index (κ1) is 14.7. The second kappa shape index (κ2) is 6.15. The van der Waals surface area contributed by atoms with Crippen molar-refractivity contribution >= 4 is 32.9 Å². The Morgan fingerprint density at radius 1 is 1.50 bits per heavy atom. The topological polar surface area (TPSA) is 88.3 Å². The zero-order chi connectivity index (χ0) is 14.7. The number of aliphatic hydroxyl groups is 1. The number of benzene rings is 1. The molecule has 1 aromatic carbocycles. The van der Waals surface area contributed by atoms with Gasteiger partial charge in [0.25, 0.3) is 0 Å². The number of hydrogen-bond donors (Lipinski definition) is 2. The number of hydrogen-bond acceptors (Lipinski definition) is 6. The second-order valence-corrected chi connectivity index (χ2v) is 5.97. The van der Waals surface area contributed by atoms with E-state index < -0.39 is 11.0 Å². The summed E-state index contributed by atoms with van der Waals surface area (Å²) in [7, 11) is 0. The van der Waals surface area contributed by atoms with Crippen molar-refractivity contribution in [3.63, 3.8) is 0 Å². The zero-order valence-corrected chi connectivity index (χ0v) is 12.2. The normalized spacial score (nSPS) is 12.8. The lowest BCUT2D eigenvalue weighted by molar-refractivity contribution is -0.382. The molecule has 0 aliphatic carbocycles. The first-order valence-corrected chi connectivity index (χ1v) is 7.29. The minimum absolute atomic E-state index is 0.0273. The van der Waals surface area contributed by atoms with Gasteiger partial charge in [0, 0.05) is 6.54 Å². The third-order valence-electron chi connectivity index (χ3n) is 2.93.